The van der Waals surface area contributed by atoms with E-state index in [0.29, 0.717) is 19.8 Å². The predicted octanol–water partition coefficient (Wildman–Crippen LogP) is 6.71. The largest absolute Gasteiger partial charge is 0.490 e. The van der Waals surface area contributed by atoms with Gasteiger partial charge in [-0.2, -0.15) is 4.39 Å². The lowest BCUT2D eigenvalue weighted by molar-refractivity contribution is -0.193. The number of aryl methyl sites for hydroxylation is 1. The van der Waals surface area contributed by atoms with Crippen LogP contribution in [0.15, 0.2) is 36.4 Å². The Kier molecular flexibility index (Phi) is 8.64. The Morgan fingerprint density at radius 1 is 0.867 bits per heavy atom. The quantitative estimate of drug-likeness (QED) is 0.402. The van der Waals surface area contributed by atoms with Crippen LogP contribution in [-0.2, 0) is 15.9 Å². The molecule has 1 saturated heterocycles. The maximum atomic E-state index is 14.6. The lowest BCUT2D eigenvalue weighted by Gasteiger charge is -2.30. The molecule has 0 N–H and O–H groups in total. The highest BCUT2D eigenvalue weighted by molar-refractivity contribution is 5.32. The van der Waals surface area contributed by atoms with Crippen molar-refractivity contribution >= 4 is 0 Å². The van der Waals surface area contributed by atoms with Crippen LogP contribution in [0, 0.1) is 11.6 Å². The molecule has 0 aromatic heterocycles. The first-order valence-electron chi connectivity index (χ1n) is 11.1. The van der Waals surface area contributed by atoms with E-state index < -0.39 is 17.9 Å². The summed E-state index contributed by atoms with van der Waals surface area (Å²) in [4.78, 5) is 0. The third kappa shape index (κ3) is 5.79. The molecule has 0 amide bonds. The summed E-state index contributed by atoms with van der Waals surface area (Å²) < 4.78 is 45.8. The Bertz CT molecular complexity index is 784. The summed E-state index contributed by atoms with van der Waals surface area (Å²) in [5.74, 6) is -1.94. The normalized spacial score (nSPS) is 19.1. The number of hydrogen-bond acceptors (Lipinski definition) is 3. The molecule has 1 fully saturated rings. The lowest BCUT2D eigenvalue weighted by atomic mass is 9.97. The molecule has 0 saturated carbocycles. The van der Waals surface area contributed by atoms with Gasteiger partial charge in [0.05, 0.1) is 19.8 Å². The summed E-state index contributed by atoms with van der Waals surface area (Å²) >= 11 is 0. The van der Waals surface area contributed by atoms with Crippen molar-refractivity contribution in [3.05, 3.63) is 64.7 Å². The van der Waals surface area contributed by atoms with Gasteiger partial charge in [-0.1, -0.05) is 57.4 Å². The van der Waals surface area contributed by atoms with Crippen LogP contribution in [0.4, 0.5) is 8.78 Å². The van der Waals surface area contributed by atoms with Gasteiger partial charge >= 0.3 is 0 Å². The molecule has 1 aliphatic rings. The number of unbranched alkanes of at least 4 members (excludes halogenated alkanes) is 3. The minimum absolute atomic E-state index is 0.0656. The van der Waals surface area contributed by atoms with Crippen LogP contribution in [0.25, 0.3) is 0 Å². The molecule has 2 aromatic carbocycles. The second-order valence-electron chi connectivity index (χ2n) is 7.88. The maximum Gasteiger partial charge on any atom is 0.201 e. The summed E-state index contributed by atoms with van der Waals surface area (Å²) in [6, 6.07) is 11.4. The molecular weight excluding hydrogens is 386 g/mol. The van der Waals surface area contributed by atoms with E-state index in [-0.39, 0.29) is 17.2 Å². The van der Waals surface area contributed by atoms with Crippen molar-refractivity contribution in [1.82, 2.24) is 0 Å². The van der Waals surface area contributed by atoms with Crippen molar-refractivity contribution in [3.8, 4) is 5.75 Å². The van der Waals surface area contributed by atoms with Crippen molar-refractivity contribution in [2.75, 3.05) is 19.8 Å². The van der Waals surface area contributed by atoms with E-state index in [4.69, 9.17) is 14.2 Å². The second-order valence-corrected chi connectivity index (χ2v) is 7.88. The Balaban J connectivity index is 1.57. The molecule has 1 aliphatic heterocycles. The molecular formula is C25H32F2O3. The molecule has 30 heavy (non-hydrogen) atoms. The summed E-state index contributed by atoms with van der Waals surface area (Å²) in [6.45, 7) is 5.43. The van der Waals surface area contributed by atoms with E-state index in [1.54, 1.807) is 0 Å². The number of halogens is 2. The Labute approximate surface area is 178 Å². The van der Waals surface area contributed by atoms with E-state index in [2.05, 4.69) is 38.1 Å². The van der Waals surface area contributed by atoms with Crippen molar-refractivity contribution in [2.24, 2.45) is 0 Å². The fourth-order valence-corrected chi connectivity index (χ4v) is 3.59. The van der Waals surface area contributed by atoms with Gasteiger partial charge < -0.3 is 14.2 Å². The highest BCUT2D eigenvalue weighted by Gasteiger charge is 2.28. The SMILES string of the molecule is CCCCCOc1ccc(C2OCC(c3ccc(CCCC)cc3)CO2)c(F)c1F. The van der Waals surface area contributed by atoms with Gasteiger partial charge in [-0.15, -0.1) is 0 Å². The van der Waals surface area contributed by atoms with Crippen molar-refractivity contribution < 1.29 is 23.0 Å². The number of ether oxygens (including phenoxy) is 3. The van der Waals surface area contributed by atoms with Crippen LogP contribution in [0.2, 0.25) is 0 Å². The first-order chi connectivity index (χ1) is 14.6. The van der Waals surface area contributed by atoms with Gasteiger partial charge in [0.2, 0.25) is 5.82 Å². The highest BCUT2D eigenvalue weighted by atomic mass is 19.2. The van der Waals surface area contributed by atoms with Crippen LogP contribution in [0.3, 0.4) is 0 Å². The third-order valence-electron chi connectivity index (χ3n) is 5.50. The van der Waals surface area contributed by atoms with Gasteiger partial charge in [-0.25, -0.2) is 4.39 Å². The number of benzene rings is 2. The number of rotatable bonds is 10. The van der Waals surface area contributed by atoms with Gasteiger partial charge in [0, 0.05) is 11.5 Å². The van der Waals surface area contributed by atoms with Gasteiger partial charge in [0.15, 0.2) is 17.9 Å². The molecule has 5 heteroatoms. The van der Waals surface area contributed by atoms with Crippen LogP contribution in [0.5, 0.6) is 5.75 Å². The van der Waals surface area contributed by atoms with Crippen LogP contribution in [0.1, 0.15) is 74.8 Å². The van der Waals surface area contributed by atoms with E-state index in [0.717, 1.165) is 31.2 Å². The van der Waals surface area contributed by atoms with Gasteiger partial charge in [-0.05, 0) is 42.5 Å². The Hall–Kier alpha value is -1.98. The minimum Gasteiger partial charge on any atom is -0.490 e. The maximum absolute atomic E-state index is 14.6. The van der Waals surface area contributed by atoms with Crippen molar-refractivity contribution in [2.45, 2.75) is 64.6 Å². The predicted molar refractivity (Wildman–Crippen MR) is 114 cm³/mol. The van der Waals surface area contributed by atoms with Crippen molar-refractivity contribution in [3.63, 3.8) is 0 Å². The fourth-order valence-electron chi connectivity index (χ4n) is 3.59. The van der Waals surface area contributed by atoms with E-state index >= 15 is 0 Å². The lowest BCUT2D eigenvalue weighted by Crippen LogP contribution is -2.26. The Morgan fingerprint density at radius 3 is 2.23 bits per heavy atom. The third-order valence-corrected chi connectivity index (χ3v) is 5.50. The second kappa shape index (κ2) is 11.4. The van der Waals surface area contributed by atoms with Crippen LogP contribution in [-0.4, -0.2) is 19.8 Å². The average molecular weight is 419 g/mol. The first kappa shape index (κ1) is 22.7. The van der Waals surface area contributed by atoms with E-state index in [1.807, 2.05) is 0 Å². The van der Waals surface area contributed by atoms with Gasteiger partial charge in [0.1, 0.15) is 0 Å². The summed E-state index contributed by atoms with van der Waals surface area (Å²) in [5.41, 5.74) is 2.53. The molecule has 0 radical (unpaired) electrons. The van der Waals surface area contributed by atoms with E-state index in [1.165, 1.54) is 30.5 Å². The molecule has 0 atom stereocenters. The molecule has 0 bridgehead atoms. The zero-order chi connectivity index (χ0) is 21.3. The van der Waals surface area contributed by atoms with Crippen molar-refractivity contribution in [1.29, 1.82) is 0 Å². The van der Waals surface area contributed by atoms with E-state index in [9.17, 15) is 8.78 Å². The molecule has 0 spiro atoms. The zero-order valence-corrected chi connectivity index (χ0v) is 18.0. The fraction of sp³-hybridized carbons (Fsp3) is 0.520. The molecule has 2 aromatic rings. The van der Waals surface area contributed by atoms with Gasteiger partial charge in [0.25, 0.3) is 0 Å². The summed E-state index contributed by atoms with van der Waals surface area (Å²) in [7, 11) is 0. The molecule has 0 aliphatic carbocycles. The minimum atomic E-state index is -0.985. The molecule has 164 valence electrons. The van der Waals surface area contributed by atoms with Gasteiger partial charge in [-0.3, -0.25) is 0 Å². The van der Waals surface area contributed by atoms with Crippen LogP contribution >= 0.6 is 0 Å². The first-order valence-corrected chi connectivity index (χ1v) is 11.1. The molecule has 1 heterocycles. The monoisotopic (exact) mass is 418 g/mol. The smallest absolute Gasteiger partial charge is 0.201 e. The zero-order valence-electron chi connectivity index (χ0n) is 18.0. The Morgan fingerprint density at radius 2 is 1.57 bits per heavy atom. The summed E-state index contributed by atoms with van der Waals surface area (Å²) in [6.07, 6.45) is 5.38. The van der Waals surface area contributed by atoms with Crippen LogP contribution < -0.4 is 4.74 Å². The molecule has 0 unspecified atom stereocenters. The standard InChI is InChI=1S/C25H32F2O3/c1-3-5-7-15-28-22-14-13-21(23(26)24(22)27)25-29-16-20(17-30-25)19-11-9-18(10-12-19)8-6-4-2/h9-14,20,25H,3-8,15-17H2,1-2H3. The molecule has 3 rings (SSSR count). The average Bonchev–Trinajstić information content (AvgIpc) is 2.78. The number of hydrogen-bond donors (Lipinski definition) is 0. The molecule has 3 nitrogen and oxygen atoms in total. The summed E-state index contributed by atoms with van der Waals surface area (Å²) in [5, 5.41) is 0. The topological polar surface area (TPSA) is 27.7 Å². The highest BCUT2D eigenvalue weighted by Crippen LogP contribution is 2.34.